The molecule has 0 heterocycles. The van der Waals surface area contributed by atoms with Gasteiger partial charge in [-0.05, 0) is 38.5 Å². The van der Waals surface area contributed by atoms with Gasteiger partial charge in [0.2, 0.25) is 0 Å². The summed E-state index contributed by atoms with van der Waals surface area (Å²) in [6.07, 6.45) is -5.38. The predicted molar refractivity (Wildman–Crippen MR) is 66.2 cm³/mol. The Balaban J connectivity index is 2.57. The van der Waals surface area contributed by atoms with E-state index < -0.39 is 18.1 Å². The van der Waals surface area contributed by atoms with E-state index in [9.17, 15) is 18.0 Å². The van der Waals surface area contributed by atoms with Crippen LogP contribution < -0.4 is 10.1 Å². The van der Waals surface area contributed by atoms with Crippen molar-refractivity contribution in [1.29, 1.82) is 0 Å². The molecule has 0 bridgehead atoms. The van der Waals surface area contributed by atoms with E-state index in [0.29, 0.717) is 5.56 Å². The van der Waals surface area contributed by atoms with Gasteiger partial charge in [0.05, 0.1) is 0 Å². The quantitative estimate of drug-likeness (QED) is 0.925. The number of hydrogen-bond donors (Lipinski definition) is 1. The molecule has 112 valence electrons. The molecular formula is C13H16F3NO3. The summed E-state index contributed by atoms with van der Waals surface area (Å²) in [4.78, 5) is 11.4. The van der Waals surface area contributed by atoms with Crippen LogP contribution in [-0.2, 0) is 11.3 Å². The van der Waals surface area contributed by atoms with Crippen molar-refractivity contribution in [1.82, 2.24) is 5.32 Å². The number of hydrogen-bond acceptors (Lipinski definition) is 3. The summed E-state index contributed by atoms with van der Waals surface area (Å²) in [6, 6.07) is 5.36. The molecule has 1 aromatic rings. The molecule has 4 nitrogen and oxygen atoms in total. The van der Waals surface area contributed by atoms with E-state index in [2.05, 4.69) is 10.1 Å². The van der Waals surface area contributed by atoms with Gasteiger partial charge in [0.15, 0.2) is 0 Å². The van der Waals surface area contributed by atoms with E-state index in [1.54, 1.807) is 26.8 Å². The van der Waals surface area contributed by atoms with Crippen LogP contribution in [0.15, 0.2) is 24.3 Å². The van der Waals surface area contributed by atoms with Crippen molar-refractivity contribution in [3.8, 4) is 5.75 Å². The molecule has 0 aliphatic rings. The van der Waals surface area contributed by atoms with Gasteiger partial charge in [-0.25, -0.2) is 4.79 Å². The lowest BCUT2D eigenvalue weighted by Crippen LogP contribution is -2.32. The first-order valence-corrected chi connectivity index (χ1v) is 5.87. The monoisotopic (exact) mass is 291 g/mol. The Morgan fingerprint density at radius 1 is 1.25 bits per heavy atom. The fourth-order valence-corrected chi connectivity index (χ4v) is 1.34. The summed E-state index contributed by atoms with van der Waals surface area (Å²) in [7, 11) is 0. The fourth-order valence-electron chi connectivity index (χ4n) is 1.34. The van der Waals surface area contributed by atoms with Gasteiger partial charge >= 0.3 is 12.5 Å². The SMILES string of the molecule is CC(C)(C)OC(=O)NCc1cccc(OC(F)(F)F)c1. The number of alkyl carbamates (subject to hydrolysis) is 1. The average molecular weight is 291 g/mol. The van der Waals surface area contributed by atoms with Crippen molar-refractivity contribution in [2.45, 2.75) is 39.3 Å². The molecule has 0 radical (unpaired) electrons. The molecule has 0 aliphatic carbocycles. The molecule has 1 aromatic carbocycles. The van der Waals surface area contributed by atoms with Crippen LogP contribution in [0.4, 0.5) is 18.0 Å². The maximum atomic E-state index is 12.1. The molecule has 0 saturated carbocycles. The van der Waals surface area contributed by atoms with Crippen molar-refractivity contribution >= 4 is 6.09 Å². The number of carbonyl (C=O) groups is 1. The zero-order valence-corrected chi connectivity index (χ0v) is 11.4. The highest BCUT2D eigenvalue weighted by molar-refractivity contribution is 5.67. The Kier molecular flexibility index (Phi) is 4.86. The lowest BCUT2D eigenvalue weighted by atomic mass is 10.2. The Hall–Kier alpha value is -1.92. The largest absolute Gasteiger partial charge is 0.573 e. The van der Waals surface area contributed by atoms with Crippen molar-refractivity contribution in [3.05, 3.63) is 29.8 Å². The predicted octanol–water partition coefficient (Wildman–Crippen LogP) is 3.61. The van der Waals surface area contributed by atoms with Gasteiger partial charge in [-0.15, -0.1) is 13.2 Å². The Labute approximate surface area is 114 Å². The summed E-state index contributed by atoms with van der Waals surface area (Å²) in [6.45, 7) is 5.18. The van der Waals surface area contributed by atoms with Gasteiger partial charge in [0.25, 0.3) is 0 Å². The van der Waals surface area contributed by atoms with Gasteiger partial charge in [0, 0.05) is 6.54 Å². The average Bonchev–Trinajstić information content (AvgIpc) is 2.22. The van der Waals surface area contributed by atoms with E-state index >= 15 is 0 Å². The molecule has 0 unspecified atom stereocenters. The first-order chi connectivity index (χ1) is 9.05. The lowest BCUT2D eigenvalue weighted by molar-refractivity contribution is -0.274. The minimum atomic E-state index is -4.74. The maximum absolute atomic E-state index is 12.1. The van der Waals surface area contributed by atoms with Gasteiger partial charge in [-0.2, -0.15) is 0 Å². The van der Waals surface area contributed by atoms with Crippen LogP contribution in [0.25, 0.3) is 0 Å². The number of nitrogens with one attached hydrogen (secondary N) is 1. The highest BCUT2D eigenvalue weighted by Crippen LogP contribution is 2.23. The van der Waals surface area contributed by atoms with Crippen LogP contribution in [0, 0.1) is 0 Å². The molecular weight excluding hydrogens is 275 g/mol. The van der Waals surface area contributed by atoms with Crippen LogP contribution in [0.1, 0.15) is 26.3 Å². The minimum absolute atomic E-state index is 0.0456. The number of amides is 1. The fraction of sp³-hybridized carbons (Fsp3) is 0.462. The summed E-state index contributed by atoms with van der Waals surface area (Å²) >= 11 is 0. The zero-order valence-electron chi connectivity index (χ0n) is 11.4. The van der Waals surface area contributed by atoms with Crippen molar-refractivity contribution in [2.75, 3.05) is 0 Å². The summed E-state index contributed by atoms with van der Waals surface area (Å²) in [5.41, 5.74) is -0.164. The van der Waals surface area contributed by atoms with Crippen molar-refractivity contribution < 1.29 is 27.4 Å². The number of benzene rings is 1. The molecule has 20 heavy (non-hydrogen) atoms. The Morgan fingerprint density at radius 3 is 2.45 bits per heavy atom. The second kappa shape index (κ2) is 6.02. The van der Waals surface area contributed by atoms with Gasteiger partial charge in [-0.3, -0.25) is 0 Å². The van der Waals surface area contributed by atoms with Crippen LogP contribution in [0.2, 0.25) is 0 Å². The smallest absolute Gasteiger partial charge is 0.444 e. The molecule has 0 saturated heterocycles. The van der Waals surface area contributed by atoms with Crippen LogP contribution in [-0.4, -0.2) is 18.1 Å². The molecule has 0 atom stereocenters. The standard InChI is InChI=1S/C13H16F3NO3/c1-12(2,3)20-11(18)17-8-9-5-4-6-10(7-9)19-13(14,15)16/h4-7H,8H2,1-3H3,(H,17,18). The van der Waals surface area contributed by atoms with E-state index in [1.165, 1.54) is 18.2 Å². The van der Waals surface area contributed by atoms with Crippen molar-refractivity contribution in [2.24, 2.45) is 0 Å². The topological polar surface area (TPSA) is 47.6 Å². The molecule has 7 heteroatoms. The summed E-state index contributed by atoms with van der Waals surface area (Å²) < 4.78 is 45.0. The number of carbonyl (C=O) groups excluding carboxylic acids is 1. The number of halogens is 3. The number of alkyl halides is 3. The molecule has 1 N–H and O–H groups in total. The Morgan fingerprint density at radius 2 is 1.90 bits per heavy atom. The highest BCUT2D eigenvalue weighted by Gasteiger charge is 2.31. The highest BCUT2D eigenvalue weighted by atomic mass is 19.4. The first kappa shape index (κ1) is 16.1. The third-order valence-corrected chi connectivity index (χ3v) is 1.97. The minimum Gasteiger partial charge on any atom is -0.444 e. The lowest BCUT2D eigenvalue weighted by Gasteiger charge is -2.19. The number of rotatable bonds is 3. The third-order valence-electron chi connectivity index (χ3n) is 1.97. The molecule has 1 amide bonds. The summed E-state index contributed by atoms with van der Waals surface area (Å²) in [5, 5.41) is 2.45. The summed E-state index contributed by atoms with van der Waals surface area (Å²) in [5.74, 6) is -0.332. The zero-order chi connectivity index (χ0) is 15.4. The van der Waals surface area contributed by atoms with Crippen molar-refractivity contribution in [3.63, 3.8) is 0 Å². The maximum Gasteiger partial charge on any atom is 0.573 e. The molecule has 0 aliphatic heterocycles. The Bertz CT molecular complexity index is 467. The number of ether oxygens (including phenoxy) is 2. The van der Waals surface area contributed by atoms with Crippen LogP contribution in [0.3, 0.4) is 0 Å². The van der Waals surface area contributed by atoms with Crippen LogP contribution in [0.5, 0.6) is 5.75 Å². The second-order valence-corrected chi connectivity index (χ2v) is 5.05. The molecule has 0 aromatic heterocycles. The first-order valence-electron chi connectivity index (χ1n) is 5.87. The third kappa shape index (κ3) is 6.86. The van der Waals surface area contributed by atoms with E-state index in [4.69, 9.17) is 4.74 Å². The van der Waals surface area contributed by atoms with E-state index in [0.717, 1.165) is 0 Å². The van der Waals surface area contributed by atoms with Gasteiger partial charge < -0.3 is 14.8 Å². The van der Waals surface area contributed by atoms with Gasteiger partial charge in [-0.1, -0.05) is 12.1 Å². The van der Waals surface area contributed by atoms with Gasteiger partial charge in [0.1, 0.15) is 11.4 Å². The molecule has 0 fully saturated rings. The van der Waals surface area contributed by atoms with Crippen LogP contribution >= 0.6 is 0 Å². The molecule has 0 spiro atoms. The normalized spacial score (nSPS) is 11.9. The molecule has 1 rings (SSSR count). The van der Waals surface area contributed by atoms with E-state index in [-0.39, 0.29) is 12.3 Å². The van der Waals surface area contributed by atoms with E-state index in [1.807, 2.05) is 0 Å². The second-order valence-electron chi connectivity index (χ2n) is 5.05.